The number of nitrogens with zero attached hydrogens (tertiary/aromatic N) is 3. The van der Waals surface area contributed by atoms with E-state index in [1.165, 1.54) is 11.0 Å². The Morgan fingerprint density at radius 3 is 2.04 bits per heavy atom. The van der Waals surface area contributed by atoms with E-state index < -0.39 is 35.2 Å². The molecule has 2 rings (SSSR count). The van der Waals surface area contributed by atoms with Gasteiger partial charge in [0.15, 0.2) is 5.69 Å². The molecule has 1 aliphatic carbocycles. The Balaban J connectivity index is 2.79. The average Bonchev–Trinajstić information content (AvgIpc) is 3.26. The molecule has 0 N–H and O–H groups in total. The van der Waals surface area contributed by atoms with E-state index in [4.69, 9.17) is 10.7 Å². The summed E-state index contributed by atoms with van der Waals surface area (Å²) in [6, 6.07) is 1.40. The van der Waals surface area contributed by atoms with E-state index in [0.717, 1.165) is 25.0 Å². The lowest BCUT2D eigenvalue weighted by Gasteiger charge is -2.22. The van der Waals surface area contributed by atoms with Crippen molar-refractivity contribution >= 4 is 36.8 Å². The van der Waals surface area contributed by atoms with Gasteiger partial charge in [-0.25, -0.2) is 8.42 Å². The van der Waals surface area contributed by atoms with Crippen molar-refractivity contribution in [2.75, 3.05) is 11.4 Å². The van der Waals surface area contributed by atoms with E-state index in [9.17, 15) is 28.6 Å². The largest absolute Gasteiger partial charge is 0.354 e. The molecule has 124 valence electrons. The third-order valence-corrected chi connectivity index (χ3v) is 4.65. The minimum absolute atomic E-state index is 0.0798. The van der Waals surface area contributed by atoms with Crippen LogP contribution in [0.15, 0.2) is 29.7 Å². The standard InChI is InChI=1S/C12H12ClN3O6S/c1-2-5-14(8-3-4-8)12-10(15(17)18)6-9(23(13,21)22)7-11(12)16(19)20/h2,6-8H,1,3-5H2. The number of hydrogen-bond donors (Lipinski definition) is 0. The topological polar surface area (TPSA) is 124 Å². The molecule has 23 heavy (non-hydrogen) atoms. The van der Waals surface area contributed by atoms with Gasteiger partial charge in [-0.1, -0.05) is 6.08 Å². The Kier molecular flexibility index (Phi) is 4.57. The smallest absolute Gasteiger partial charge is 0.301 e. The van der Waals surface area contributed by atoms with Crippen LogP contribution >= 0.6 is 10.7 Å². The van der Waals surface area contributed by atoms with Gasteiger partial charge in [-0.2, -0.15) is 0 Å². The lowest BCUT2D eigenvalue weighted by Crippen LogP contribution is -2.27. The summed E-state index contributed by atoms with van der Waals surface area (Å²) in [6.07, 6.45) is 2.94. The molecule has 1 aliphatic rings. The minimum Gasteiger partial charge on any atom is -0.354 e. The first-order valence-electron chi connectivity index (χ1n) is 6.45. The maximum absolute atomic E-state index is 11.4. The molecule has 1 aromatic rings. The van der Waals surface area contributed by atoms with Crippen molar-refractivity contribution in [1.82, 2.24) is 0 Å². The highest BCUT2D eigenvalue weighted by Crippen LogP contribution is 2.44. The normalized spacial score (nSPS) is 14.3. The second-order valence-electron chi connectivity index (χ2n) is 4.93. The minimum atomic E-state index is -4.35. The monoisotopic (exact) mass is 361 g/mol. The zero-order chi connectivity index (χ0) is 17.4. The van der Waals surface area contributed by atoms with Crippen LogP contribution < -0.4 is 4.90 Å². The van der Waals surface area contributed by atoms with Crippen LogP contribution in [0.3, 0.4) is 0 Å². The van der Waals surface area contributed by atoms with E-state index in [1.54, 1.807) is 0 Å². The molecule has 0 atom stereocenters. The third-order valence-electron chi connectivity index (χ3n) is 3.32. The number of benzene rings is 1. The quantitative estimate of drug-likeness (QED) is 0.316. The Labute approximate surface area is 135 Å². The molecule has 1 fully saturated rings. The first-order chi connectivity index (χ1) is 10.7. The molecule has 0 aromatic heterocycles. The van der Waals surface area contributed by atoms with Crippen LogP contribution in [0.2, 0.25) is 0 Å². The van der Waals surface area contributed by atoms with E-state index in [1.807, 2.05) is 0 Å². The van der Waals surface area contributed by atoms with Crippen molar-refractivity contribution in [1.29, 1.82) is 0 Å². The zero-order valence-electron chi connectivity index (χ0n) is 11.7. The molecule has 0 unspecified atom stereocenters. The number of nitro groups is 2. The predicted octanol–water partition coefficient (Wildman–Crippen LogP) is 2.59. The molecule has 1 saturated carbocycles. The van der Waals surface area contributed by atoms with Crippen LogP contribution in [0.5, 0.6) is 0 Å². The molecule has 9 nitrogen and oxygen atoms in total. The number of halogens is 1. The van der Waals surface area contributed by atoms with E-state index in [0.29, 0.717) is 0 Å². The highest BCUT2D eigenvalue weighted by Gasteiger charge is 2.39. The van der Waals surface area contributed by atoms with E-state index in [2.05, 4.69) is 6.58 Å². The van der Waals surface area contributed by atoms with Crippen molar-refractivity contribution in [3.63, 3.8) is 0 Å². The molecule has 0 spiro atoms. The van der Waals surface area contributed by atoms with Gasteiger partial charge in [0.25, 0.3) is 9.05 Å². The van der Waals surface area contributed by atoms with Crippen molar-refractivity contribution in [2.24, 2.45) is 0 Å². The summed E-state index contributed by atoms with van der Waals surface area (Å²) in [5.41, 5.74) is -1.58. The molecule has 0 heterocycles. The van der Waals surface area contributed by atoms with Gasteiger partial charge in [0.05, 0.1) is 14.7 Å². The maximum Gasteiger partial charge on any atom is 0.301 e. The molecular formula is C12H12ClN3O6S. The van der Waals surface area contributed by atoms with Crippen molar-refractivity contribution < 1.29 is 18.3 Å². The van der Waals surface area contributed by atoms with Crippen LogP contribution in [-0.4, -0.2) is 30.9 Å². The molecular weight excluding hydrogens is 350 g/mol. The summed E-state index contributed by atoms with van der Waals surface area (Å²) in [7, 11) is 0.828. The fraction of sp³-hybridized carbons (Fsp3) is 0.333. The lowest BCUT2D eigenvalue weighted by atomic mass is 10.2. The Morgan fingerprint density at radius 2 is 1.74 bits per heavy atom. The van der Waals surface area contributed by atoms with Crippen molar-refractivity contribution in [3.05, 3.63) is 45.0 Å². The SMILES string of the molecule is C=CCN(c1c([N+](=O)[O-])cc(S(=O)(=O)Cl)cc1[N+](=O)[O-])C1CC1. The van der Waals surface area contributed by atoms with Crippen LogP contribution in [0.1, 0.15) is 12.8 Å². The van der Waals surface area contributed by atoms with E-state index in [-0.39, 0.29) is 18.3 Å². The number of rotatable bonds is 7. The second-order valence-corrected chi connectivity index (χ2v) is 7.50. The number of anilines is 1. The van der Waals surface area contributed by atoms with Gasteiger partial charge in [0.1, 0.15) is 0 Å². The number of nitro benzene ring substituents is 2. The van der Waals surface area contributed by atoms with Crippen LogP contribution in [0, 0.1) is 20.2 Å². The fourth-order valence-corrected chi connectivity index (χ4v) is 3.01. The summed E-state index contributed by atoms with van der Waals surface area (Å²) in [5, 5.41) is 22.6. The summed E-state index contributed by atoms with van der Waals surface area (Å²) < 4.78 is 22.9. The maximum atomic E-state index is 11.4. The van der Waals surface area contributed by atoms with Gasteiger partial charge in [-0.05, 0) is 12.8 Å². The van der Waals surface area contributed by atoms with Crippen LogP contribution in [0.4, 0.5) is 17.1 Å². The molecule has 11 heteroatoms. The summed E-state index contributed by atoms with van der Waals surface area (Å²) in [5.74, 6) is 0. The number of hydrogen-bond acceptors (Lipinski definition) is 7. The molecule has 0 saturated heterocycles. The zero-order valence-corrected chi connectivity index (χ0v) is 13.3. The molecule has 0 radical (unpaired) electrons. The van der Waals surface area contributed by atoms with Gasteiger partial charge in [-0.15, -0.1) is 6.58 Å². The first kappa shape index (κ1) is 17.2. The summed E-state index contributed by atoms with van der Waals surface area (Å²) in [4.78, 5) is 21.7. The molecule has 0 aliphatic heterocycles. The van der Waals surface area contributed by atoms with E-state index >= 15 is 0 Å². The first-order valence-corrected chi connectivity index (χ1v) is 8.76. The van der Waals surface area contributed by atoms with Gasteiger partial charge in [0, 0.05) is 35.4 Å². The molecule has 1 aromatic carbocycles. The summed E-state index contributed by atoms with van der Waals surface area (Å²) >= 11 is 0. The van der Waals surface area contributed by atoms with Crippen molar-refractivity contribution in [3.8, 4) is 0 Å². The predicted molar refractivity (Wildman–Crippen MR) is 83.4 cm³/mol. The summed E-state index contributed by atoms with van der Waals surface area (Å²) in [6.45, 7) is 3.71. The van der Waals surface area contributed by atoms with Gasteiger partial charge < -0.3 is 4.90 Å². The van der Waals surface area contributed by atoms with Crippen molar-refractivity contribution in [2.45, 2.75) is 23.8 Å². The average molecular weight is 362 g/mol. The third kappa shape index (κ3) is 3.59. The van der Waals surface area contributed by atoms with Crippen LogP contribution in [-0.2, 0) is 9.05 Å². The fourth-order valence-electron chi connectivity index (χ4n) is 2.24. The Bertz CT molecular complexity index is 755. The van der Waals surface area contributed by atoms with Gasteiger partial charge in [0.2, 0.25) is 0 Å². The Hall–Kier alpha value is -2.20. The molecule has 0 amide bonds. The molecule has 0 bridgehead atoms. The highest BCUT2D eigenvalue weighted by molar-refractivity contribution is 8.13. The van der Waals surface area contributed by atoms with Gasteiger partial charge >= 0.3 is 11.4 Å². The highest BCUT2D eigenvalue weighted by atomic mass is 35.7. The Morgan fingerprint density at radius 1 is 1.26 bits per heavy atom. The van der Waals surface area contributed by atoms with Crippen LogP contribution in [0.25, 0.3) is 0 Å². The van der Waals surface area contributed by atoms with Gasteiger partial charge in [-0.3, -0.25) is 20.2 Å². The second kappa shape index (κ2) is 6.13. The lowest BCUT2D eigenvalue weighted by molar-refractivity contribution is -0.393.